The van der Waals surface area contributed by atoms with Gasteiger partial charge in [-0.1, -0.05) is 30.3 Å². The predicted octanol–water partition coefficient (Wildman–Crippen LogP) is 1.67. The Morgan fingerprint density at radius 1 is 1.25 bits per heavy atom. The molecule has 3 N–H and O–H groups in total. The average Bonchev–Trinajstić information content (AvgIpc) is 2.52. The van der Waals surface area contributed by atoms with Crippen molar-refractivity contribution in [1.29, 1.82) is 0 Å². The highest BCUT2D eigenvalue weighted by molar-refractivity contribution is 7.51. The second-order valence-corrected chi connectivity index (χ2v) is 7.52. The van der Waals surface area contributed by atoms with Crippen molar-refractivity contribution in [3.05, 3.63) is 35.9 Å². The number of carbonyl (C=O) groups excluding carboxylic acids is 1. The van der Waals surface area contributed by atoms with Crippen LogP contribution in [-0.4, -0.2) is 50.6 Å². The molecular weight excluding hydrogens is 337 g/mol. The van der Waals surface area contributed by atoms with Gasteiger partial charge in [-0.2, -0.15) is 0 Å². The molecule has 1 amide bonds. The number of benzene rings is 1. The van der Waals surface area contributed by atoms with Crippen LogP contribution in [0.4, 0.5) is 4.79 Å². The molecule has 1 aromatic rings. The van der Waals surface area contributed by atoms with Gasteiger partial charge in [0.15, 0.2) is 0 Å². The SMILES string of the molecule is O=C(O)[C@H]1C[C@@H](CP(=O)(O)O)CCN1C(=O)OCc1ccccc1. The molecule has 1 aliphatic rings. The lowest BCUT2D eigenvalue weighted by molar-refractivity contribution is -0.144. The summed E-state index contributed by atoms with van der Waals surface area (Å²) in [5, 5.41) is 9.32. The molecule has 2 atom stereocenters. The van der Waals surface area contributed by atoms with Crippen LogP contribution in [0.5, 0.6) is 0 Å². The molecule has 0 aliphatic carbocycles. The van der Waals surface area contributed by atoms with Crippen molar-refractivity contribution in [1.82, 2.24) is 4.90 Å². The second kappa shape index (κ2) is 7.79. The number of carboxylic acids is 1. The Labute approximate surface area is 139 Å². The molecule has 0 unspecified atom stereocenters. The van der Waals surface area contributed by atoms with Crippen molar-refractivity contribution in [3.8, 4) is 0 Å². The number of carbonyl (C=O) groups is 2. The van der Waals surface area contributed by atoms with Crippen LogP contribution in [0.15, 0.2) is 30.3 Å². The van der Waals surface area contributed by atoms with E-state index in [1.54, 1.807) is 24.3 Å². The lowest BCUT2D eigenvalue weighted by atomic mass is 9.92. The number of aliphatic carboxylic acids is 1. The number of hydrogen-bond acceptors (Lipinski definition) is 4. The summed E-state index contributed by atoms with van der Waals surface area (Å²) in [6.07, 6.45) is -0.777. The topological polar surface area (TPSA) is 124 Å². The maximum atomic E-state index is 12.2. The summed E-state index contributed by atoms with van der Waals surface area (Å²) in [6, 6.07) is 7.87. The smallest absolute Gasteiger partial charge is 0.410 e. The minimum Gasteiger partial charge on any atom is -0.480 e. The maximum Gasteiger partial charge on any atom is 0.410 e. The molecule has 24 heavy (non-hydrogen) atoms. The van der Waals surface area contributed by atoms with Gasteiger partial charge in [-0.25, -0.2) is 9.59 Å². The van der Waals surface area contributed by atoms with Gasteiger partial charge in [0.25, 0.3) is 0 Å². The molecule has 1 aromatic carbocycles. The van der Waals surface area contributed by atoms with Crippen LogP contribution in [0.1, 0.15) is 18.4 Å². The van der Waals surface area contributed by atoms with Gasteiger partial charge in [-0.05, 0) is 24.3 Å². The predicted molar refractivity (Wildman–Crippen MR) is 84.4 cm³/mol. The third-order valence-corrected chi connectivity index (χ3v) is 4.92. The van der Waals surface area contributed by atoms with Crippen molar-refractivity contribution in [2.24, 2.45) is 5.92 Å². The van der Waals surface area contributed by atoms with Gasteiger partial charge in [0, 0.05) is 6.54 Å². The minimum absolute atomic E-state index is 0.000873. The van der Waals surface area contributed by atoms with Gasteiger partial charge in [-0.3, -0.25) is 9.46 Å². The van der Waals surface area contributed by atoms with Gasteiger partial charge >= 0.3 is 19.7 Å². The summed E-state index contributed by atoms with van der Waals surface area (Å²) >= 11 is 0. The molecule has 1 saturated heterocycles. The van der Waals surface area contributed by atoms with Crippen molar-refractivity contribution >= 4 is 19.7 Å². The van der Waals surface area contributed by atoms with Crippen LogP contribution in [0.3, 0.4) is 0 Å². The van der Waals surface area contributed by atoms with Crippen molar-refractivity contribution in [2.75, 3.05) is 12.7 Å². The normalized spacial score (nSPS) is 21.3. The van der Waals surface area contributed by atoms with E-state index in [2.05, 4.69) is 0 Å². The van der Waals surface area contributed by atoms with Crippen molar-refractivity contribution in [3.63, 3.8) is 0 Å². The van der Waals surface area contributed by atoms with E-state index < -0.39 is 31.6 Å². The zero-order valence-corrected chi connectivity index (χ0v) is 13.8. The van der Waals surface area contributed by atoms with E-state index in [-0.39, 0.29) is 25.7 Å². The molecule has 0 saturated carbocycles. The molecule has 8 nitrogen and oxygen atoms in total. The molecule has 9 heteroatoms. The fourth-order valence-electron chi connectivity index (χ4n) is 2.80. The fraction of sp³-hybridized carbons (Fsp3) is 0.467. The largest absolute Gasteiger partial charge is 0.480 e. The highest BCUT2D eigenvalue weighted by Crippen LogP contribution is 2.40. The Bertz CT molecular complexity index is 630. The quantitative estimate of drug-likeness (QED) is 0.685. The summed E-state index contributed by atoms with van der Waals surface area (Å²) in [7, 11) is -4.21. The molecular formula is C15H20NO7P. The number of nitrogens with zero attached hydrogens (tertiary/aromatic N) is 1. The van der Waals surface area contributed by atoms with Gasteiger partial charge < -0.3 is 19.6 Å². The van der Waals surface area contributed by atoms with Crippen LogP contribution < -0.4 is 0 Å². The Kier molecular flexibility index (Phi) is 5.99. The molecule has 132 valence electrons. The monoisotopic (exact) mass is 357 g/mol. The third kappa shape index (κ3) is 5.33. The Balaban J connectivity index is 1.97. The molecule has 0 aromatic heterocycles. The Morgan fingerprint density at radius 2 is 1.92 bits per heavy atom. The number of amides is 1. The summed E-state index contributed by atoms with van der Waals surface area (Å²) in [5.41, 5.74) is 0.786. The maximum absolute atomic E-state index is 12.2. The summed E-state index contributed by atoms with van der Waals surface area (Å²) in [4.78, 5) is 42.8. The molecule has 0 spiro atoms. The summed E-state index contributed by atoms with van der Waals surface area (Å²) in [5.74, 6) is -1.65. The van der Waals surface area contributed by atoms with Crippen LogP contribution in [0.25, 0.3) is 0 Å². The summed E-state index contributed by atoms with van der Waals surface area (Å²) in [6.45, 7) is 0.129. The van der Waals surface area contributed by atoms with Gasteiger partial charge in [0.1, 0.15) is 12.6 Å². The fourth-order valence-corrected chi connectivity index (χ4v) is 3.80. The van der Waals surface area contributed by atoms with E-state index in [1.807, 2.05) is 6.07 Å². The number of rotatable bonds is 5. The lowest BCUT2D eigenvalue weighted by Gasteiger charge is -2.36. The van der Waals surface area contributed by atoms with E-state index in [1.165, 1.54) is 0 Å². The highest BCUT2D eigenvalue weighted by atomic mass is 31.2. The first-order valence-electron chi connectivity index (χ1n) is 7.51. The standard InChI is InChI=1S/C15H20NO7P/c17-14(18)13-8-12(10-24(20,21)22)6-7-16(13)15(19)23-9-11-4-2-1-3-5-11/h1-5,12-13H,6-10H2,(H,17,18)(H2,20,21,22)/t12-,13+/m0/s1. The Hall–Kier alpha value is -1.89. The molecule has 0 bridgehead atoms. The molecule has 1 aliphatic heterocycles. The zero-order valence-electron chi connectivity index (χ0n) is 12.9. The van der Waals surface area contributed by atoms with E-state index in [0.717, 1.165) is 10.5 Å². The summed E-state index contributed by atoms with van der Waals surface area (Å²) < 4.78 is 16.2. The number of likely N-dealkylation sites (tertiary alicyclic amines) is 1. The first-order chi connectivity index (χ1) is 11.3. The first kappa shape index (κ1) is 18.4. The number of piperidine rings is 1. The van der Waals surface area contributed by atoms with E-state index in [0.29, 0.717) is 6.42 Å². The van der Waals surface area contributed by atoms with Crippen LogP contribution >= 0.6 is 7.60 Å². The van der Waals surface area contributed by atoms with E-state index >= 15 is 0 Å². The number of carboxylic acid groups (broad SMARTS) is 1. The molecule has 0 radical (unpaired) electrons. The minimum atomic E-state index is -4.21. The second-order valence-electron chi connectivity index (χ2n) is 5.83. The first-order valence-corrected chi connectivity index (χ1v) is 9.30. The Morgan fingerprint density at radius 3 is 2.50 bits per heavy atom. The van der Waals surface area contributed by atoms with Crippen LogP contribution in [0.2, 0.25) is 0 Å². The zero-order chi connectivity index (χ0) is 17.7. The van der Waals surface area contributed by atoms with Crippen LogP contribution in [-0.2, 0) is 20.7 Å². The average molecular weight is 357 g/mol. The van der Waals surface area contributed by atoms with Crippen LogP contribution in [0, 0.1) is 5.92 Å². The van der Waals surface area contributed by atoms with E-state index in [4.69, 9.17) is 14.5 Å². The molecule has 1 fully saturated rings. The number of ether oxygens (including phenoxy) is 1. The van der Waals surface area contributed by atoms with Gasteiger partial charge in [0.05, 0.1) is 6.16 Å². The molecule has 2 rings (SSSR count). The van der Waals surface area contributed by atoms with Crippen molar-refractivity contribution < 1.29 is 33.8 Å². The number of hydrogen-bond donors (Lipinski definition) is 3. The lowest BCUT2D eigenvalue weighted by Crippen LogP contribution is -2.50. The van der Waals surface area contributed by atoms with Gasteiger partial charge in [-0.15, -0.1) is 0 Å². The highest BCUT2D eigenvalue weighted by Gasteiger charge is 2.38. The third-order valence-electron chi connectivity index (χ3n) is 3.93. The van der Waals surface area contributed by atoms with Crippen molar-refractivity contribution in [2.45, 2.75) is 25.5 Å². The molecule has 1 heterocycles. The van der Waals surface area contributed by atoms with Gasteiger partial charge in [0.2, 0.25) is 0 Å². The van der Waals surface area contributed by atoms with E-state index in [9.17, 15) is 19.3 Å².